The number of nitrogens with zero attached hydrogens (tertiary/aromatic N) is 9. The van der Waals surface area contributed by atoms with Gasteiger partial charge in [0.2, 0.25) is 17.9 Å². The van der Waals surface area contributed by atoms with Crippen LogP contribution in [0.3, 0.4) is 0 Å². The number of rotatable bonds is 11. The Bertz CT molecular complexity index is 9780. The van der Waals surface area contributed by atoms with Crippen LogP contribution in [0.15, 0.2) is 470 Å². The van der Waals surface area contributed by atoms with Gasteiger partial charge in [0, 0.05) is 132 Å². The molecule has 19 aromatic carbocycles. The fraction of sp³-hybridized carbons (Fsp3) is 0.00800. The zero-order valence-corrected chi connectivity index (χ0v) is 77.1. The van der Waals surface area contributed by atoms with Gasteiger partial charge in [0.05, 0.1) is 56.5 Å². The third-order valence-electron chi connectivity index (χ3n) is 27.1. The Balaban J connectivity index is 0.000000105. The Morgan fingerprint density at radius 3 is 1.14 bits per heavy atom. The molecule has 29 rings (SSSR count). The van der Waals surface area contributed by atoms with Crippen LogP contribution in [0.25, 0.3) is 249 Å². The Labute approximate surface area is 809 Å². The van der Waals surface area contributed by atoms with E-state index in [1.165, 1.54) is 127 Å². The molecular weight excluding hydrogens is 1750 g/mol. The van der Waals surface area contributed by atoms with Crippen molar-refractivity contribution in [2.75, 3.05) is 0 Å². The number of hydrogen-bond acceptors (Lipinski definition) is 11. The standard InChI is InChI=1S/C45H28N4S2.C40H25N3O.C40H25N3S/c1-4-16-38-32(9-1)37-25-29(31-13-8-15-36-34-11-3-6-18-41(34)51-43(31)36)23-24-39(37)49(38)45-47-26-46-44(48-45)28-21-19-27(20-22-28)30-12-7-14-35-33-10-2-5-17-40(33)50-42(30)35;1-3-12-26(13-4-1)34-25-35(27-14-5-2-6-15-27)42-40(41-34)43-36-20-9-7-16-30(36)33-24-28(22-23-37(33)43)29-18-11-19-32-31-17-8-10-21-38(31)44-39(29)32;1-3-10-26(11-4-1)28-18-20-36-33(24-28)34-25-29(30-15-9-16-32-31-14-7-8-17-38(31)44-39(30)32)19-21-37(34)43(36)40-41-23-22-35(42-40)27-12-5-2-6-13-27/h1-26,44H,(H,46,47,48);2*1-25H. The fourth-order valence-corrected chi connectivity index (χ4v) is 24.3. The van der Waals surface area contributed by atoms with Gasteiger partial charge < -0.3 is 9.73 Å². The summed E-state index contributed by atoms with van der Waals surface area (Å²) in [7, 11) is 0. The number of aliphatic imine (C=N–C) groups is 2. The summed E-state index contributed by atoms with van der Waals surface area (Å²) in [5.41, 5.74) is 27.2. The Morgan fingerprint density at radius 1 is 0.245 bits per heavy atom. The Morgan fingerprint density at radius 2 is 0.612 bits per heavy atom. The quantitative estimate of drug-likeness (QED) is 0.138. The lowest BCUT2D eigenvalue weighted by molar-refractivity contribution is 0.670. The maximum absolute atomic E-state index is 6.40. The number of benzene rings is 19. The number of fused-ring (bicyclic) bond motifs is 21. The number of thiophene rings is 3. The molecule has 0 aliphatic carbocycles. The van der Waals surface area contributed by atoms with E-state index in [-0.39, 0.29) is 6.17 Å². The molecule has 28 aromatic rings. The molecule has 10 heterocycles. The van der Waals surface area contributed by atoms with E-state index in [0.29, 0.717) is 11.9 Å². The first-order valence-corrected chi connectivity index (χ1v) is 49.0. The molecule has 11 nitrogen and oxygen atoms in total. The van der Waals surface area contributed by atoms with E-state index in [1.54, 1.807) is 6.34 Å². The second-order valence-electron chi connectivity index (χ2n) is 35.1. The molecule has 0 fully saturated rings. The maximum atomic E-state index is 6.40. The highest BCUT2D eigenvalue weighted by atomic mass is 32.1. The van der Waals surface area contributed by atoms with Crippen molar-refractivity contribution in [3.63, 3.8) is 0 Å². The van der Waals surface area contributed by atoms with E-state index in [1.807, 2.05) is 113 Å². The molecule has 1 atom stereocenters. The van der Waals surface area contributed by atoms with Gasteiger partial charge in [-0.25, -0.2) is 29.9 Å². The lowest BCUT2D eigenvalue weighted by Crippen LogP contribution is -2.32. The van der Waals surface area contributed by atoms with Crippen molar-refractivity contribution in [1.29, 1.82) is 0 Å². The molecule has 14 heteroatoms. The van der Waals surface area contributed by atoms with Gasteiger partial charge in [-0.3, -0.25) is 13.7 Å². The second kappa shape index (κ2) is 33.8. The molecule has 139 heavy (non-hydrogen) atoms. The minimum absolute atomic E-state index is 0.350. The third-order valence-corrected chi connectivity index (χ3v) is 30.8. The van der Waals surface area contributed by atoms with Crippen LogP contribution in [-0.4, -0.2) is 45.9 Å². The van der Waals surface area contributed by atoms with Crippen LogP contribution in [0.5, 0.6) is 0 Å². The second-order valence-corrected chi connectivity index (χ2v) is 38.3. The van der Waals surface area contributed by atoms with Crippen molar-refractivity contribution in [3.05, 3.63) is 461 Å². The van der Waals surface area contributed by atoms with Gasteiger partial charge in [-0.15, -0.1) is 34.0 Å². The molecule has 1 aliphatic rings. The molecule has 0 bridgehead atoms. The number of hydrogen-bond donors (Lipinski definition) is 1. The molecule has 9 aromatic heterocycles. The smallest absolute Gasteiger partial charge is 0.235 e. The SMILES string of the molecule is C1=NC(c2ccc(-c3cccc4c3sc3ccccc34)cc2)N=C(n2c3ccccc3c3cc(-c4cccc5c4sc4ccccc45)ccc32)N1.c1ccc(-c2cc(-c3ccccc3)nc(-n3c4ccccc4c4cc(-c5cccc6c5oc5ccccc56)ccc43)n2)cc1.c1ccc(-c2ccc3c(c2)c2cc(-c4cccc5c4sc4ccccc45)ccc2n3-c2nccc(-c3ccccc3)n2)cc1. The first-order valence-electron chi connectivity index (χ1n) is 46.6. The minimum atomic E-state index is -0.350. The first-order chi connectivity index (χ1) is 68.9. The summed E-state index contributed by atoms with van der Waals surface area (Å²) in [5, 5.41) is 20.6. The van der Waals surface area contributed by atoms with Gasteiger partial charge in [0.25, 0.3) is 0 Å². The van der Waals surface area contributed by atoms with Crippen LogP contribution < -0.4 is 5.32 Å². The van der Waals surface area contributed by atoms with E-state index in [0.717, 1.165) is 122 Å². The first kappa shape index (κ1) is 80.9. The summed E-state index contributed by atoms with van der Waals surface area (Å²) in [5.74, 6) is 2.07. The zero-order chi connectivity index (χ0) is 91.5. The highest BCUT2D eigenvalue weighted by Gasteiger charge is 2.26. The lowest BCUT2D eigenvalue weighted by Gasteiger charge is -2.19. The predicted molar refractivity (Wildman–Crippen MR) is 585 cm³/mol. The summed E-state index contributed by atoms with van der Waals surface area (Å²) >= 11 is 5.60. The van der Waals surface area contributed by atoms with E-state index in [4.69, 9.17) is 34.3 Å². The summed E-state index contributed by atoms with van der Waals surface area (Å²) in [4.78, 5) is 30.1. The largest absolute Gasteiger partial charge is 0.455 e. The van der Waals surface area contributed by atoms with Crippen LogP contribution in [0, 0.1) is 0 Å². The molecule has 0 saturated heterocycles. The van der Waals surface area contributed by atoms with E-state index < -0.39 is 0 Å². The maximum Gasteiger partial charge on any atom is 0.235 e. The lowest BCUT2D eigenvalue weighted by atomic mass is 9.99. The van der Waals surface area contributed by atoms with E-state index in [2.05, 4.69) is 395 Å². The van der Waals surface area contributed by atoms with E-state index >= 15 is 0 Å². The van der Waals surface area contributed by atoms with Crippen molar-refractivity contribution < 1.29 is 4.42 Å². The van der Waals surface area contributed by atoms with Crippen LogP contribution in [0.2, 0.25) is 0 Å². The number of aromatic nitrogens is 7. The highest BCUT2D eigenvalue weighted by Crippen LogP contribution is 2.48. The van der Waals surface area contributed by atoms with E-state index in [9.17, 15) is 0 Å². The average molecular weight is 1830 g/mol. The highest BCUT2D eigenvalue weighted by molar-refractivity contribution is 7.27. The summed E-state index contributed by atoms with van der Waals surface area (Å²) in [6.07, 6.45) is 3.30. The Kier molecular flexibility index (Phi) is 19.7. The van der Waals surface area contributed by atoms with Crippen molar-refractivity contribution in [2.24, 2.45) is 9.98 Å². The molecule has 1 aliphatic heterocycles. The van der Waals surface area contributed by atoms with Gasteiger partial charge in [-0.1, -0.05) is 352 Å². The topological polar surface area (TPSA) is 116 Å². The van der Waals surface area contributed by atoms with Crippen LogP contribution in [0.4, 0.5) is 0 Å². The molecule has 1 unspecified atom stereocenters. The zero-order valence-electron chi connectivity index (χ0n) is 74.6. The van der Waals surface area contributed by atoms with Crippen LogP contribution >= 0.6 is 34.0 Å². The summed E-state index contributed by atoms with van der Waals surface area (Å²) in [6.45, 7) is 0. The molecule has 0 amide bonds. The Hall–Kier alpha value is -17.7. The van der Waals surface area contributed by atoms with Gasteiger partial charge >= 0.3 is 0 Å². The molecule has 0 spiro atoms. The predicted octanol–water partition coefficient (Wildman–Crippen LogP) is 33.8. The monoisotopic (exact) mass is 1830 g/mol. The number of furan rings is 1. The van der Waals surface area contributed by atoms with Crippen molar-refractivity contribution >= 4 is 194 Å². The van der Waals surface area contributed by atoms with Crippen molar-refractivity contribution in [3.8, 4) is 101 Å². The molecule has 652 valence electrons. The molecule has 1 N–H and O–H groups in total. The van der Waals surface area contributed by atoms with Crippen LogP contribution in [0.1, 0.15) is 11.7 Å². The van der Waals surface area contributed by atoms with Crippen molar-refractivity contribution in [1.82, 2.24) is 39.0 Å². The van der Waals surface area contributed by atoms with Gasteiger partial charge in [-0.05, 0) is 153 Å². The average Bonchev–Trinajstić information content (AvgIpc) is 1.57. The molecule has 0 radical (unpaired) electrons. The van der Waals surface area contributed by atoms with Crippen molar-refractivity contribution in [2.45, 2.75) is 6.17 Å². The van der Waals surface area contributed by atoms with Gasteiger partial charge in [0.15, 0.2) is 6.17 Å². The number of para-hydroxylation sites is 4. The summed E-state index contributed by atoms with van der Waals surface area (Å²) in [6, 6.07) is 159. The normalized spacial score (nSPS) is 12.7. The van der Waals surface area contributed by atoms with Crippen LogP contribution in [-0.2, 0) is 0 Å². The third kappa shape index (κ3) is 14.0. The molecular formula is C125H78N10OS3. The molecule has 0 saturated carbocycles. The number of nitrogens with one attached hydrogen (secondary N) is 1. The van der Waals surface area contributed by atoms with Gasteiger partial charge in [-0.2, -0.15) is 0 Å². The minimum Gasteiger partial charge on any atom is -0.455 e. The van der Waals surface area contributed by atoms with Gasteiger partial charge in [0.1, 0.15) is 11.2 Å². The summed E-state index contributed by atoms with van der Waals surface area (Å²) < 4.78 is 20.9. The fourth-order valence-electron chi connectivity index (χ4n) is 20.6.